The fourth-order valence-electron chi connectivity index (χ4n) is 4.65. The molecule has 3 aromatic rings. The monoisotopic (exact) mass is 418 g/mol. The van der Waals surface area contributed by atoms with Crippen molar-refractivity contribution < 1.29 is 19.1 Å². The maximum absolute atomic E-state index is 13.1. The third-order valence-electron chi connectivity index (χ3n) is 6.51. The van der Waals surface area contributed by atoms with Gasteiger partial charge in [0.25, 0.3) is 0 Å². The minimum atomic E-state index is -0.218. The maximum Gasteiger partial charge on any atom is 0.181 e. The molecule has 6 nitrogen and oxygen atoms in total. The number of carbonyl (C=O) groups excluding carboxylic acids is 2. The molecule has 5 rings (SSSR count). The van der Waals surface area contributed by atoms with E-state index in [-0.39, 0.29) is 23.5 Å². The Kier molecular flexibility index (Phi) is 5.24. The Morgan fingerprint density at radius 3 is 2.58 bits per heavy atom. The SMILES string of the molecule is C[C@@H](C(=O)c1c[nH]c2ccccc12)N1CCC(C(=O)c2ccc3c(c2)OCCO3)CC1. The van der Waals surface area contributed by atoms with Gasteiger partial charge in [-0.2, -0.15) is 0 Å². The number of Topliss-reactive ketones (excluding diaryl/α,β-unsaturated/α-hetero) is 2. The standard InChI is InChI=1S/C25H26N2O4/c1-16(24(28)20-15-26-21-5-3-2-4-19(20)21)27-10-8-17(9-11-27)25(29)18-6-7-22-23(14-18)31-13-12-30-22/h2-7,14-17,26H,8-13H2,1H3/t16-/m0/s1. The highest BCUT2D eigenvalue weighted by Gasteiger charge is 2.31. The van der Waals surface area contributed by atoms with Crippen LogP contribution in [0.3, 0.4) is 0 Å². The number of rotatable bonds is 5. The summed E-state index contributed by atoms with van der Waals surface area (Å²) in [4.78, 5) is 31.6. The number of piperidine rings is 1. The van der Waals surface area contributed by atoms with Crippen LogP contribution in [-0.4, -0.2) is 53.8 Å². The Morgan fingerprint density at radius 2 is 1.77 bits per heavy atom. The topological polar surface area (TPSA) is 71.6 Å². The van der Waals surface area contributed by atoms with Gasteiger partial charge in [0.1, 0.15) is 13.2 Å². The average molecular weight is 418 g/mol. The molecule has 1 saturated heterocycles. The van der Waals surface area contributed by atoms with Gasteiger partial charge in [-0.3, -0.25) is 14.5 Å². The Labute approximate surface area is 181 Å². The summed E-state index contributed by atoms with van der Waals surface area (Å²) in [7, 11) is 0. The molecule has 0 spiro atoms. The molecular weight excluding hydrogens is 392 g/mol. The van der Waals surface area contributed by atoms with Crippen LogP contribution in [0, 0.1) is 5.92 Å². The van der Waals surface area contributed by atoms with Crippen LogP contribution >= 0.6 is 0 Å². The predicted octanol–water partition coefficient (Wildman–Crippen LogP) is 4.11. The summed E-state index contributed by atoms with van der Waals surface area (Å²) in [6.07, 6.45) is 3.30. The molecular formula is C25H26N2O4. The molecule has 1 atom stereocenters. The number of ketones is 2. The Morgan fingerprint density at radius 1 is 1.03 bits per heavy atom. The Bertz CT molecular complexity index is 1130. The molecule has 0 aliphatic carbocycles. The van der Waals surface area contributed by atoms with Crippen LogP contribution in [0.15, 0.2) is 48.7 Å². The van der Waals surface area contributed by atoms with E-state index < -0.39 is 0 Å². The zero-order valence-electron chi connectivity index (χ0n) is 17.6. The van der Waals surface area contributed by atoms with Gasteiger partial charge >= 0.3 is 0 Å². The molecule has 1 aromatic heterocycles. The molecule has 6 heteroatoms. The molecule has 0 bridgehead atoms. The molecule has 2 aliphatic heterocycles. The van der Waals surface area contributed by atoms with Crippen molar-refractivity contribution in [2.45, 2.75) is 25.8 Å². The van der Waals surface area contributed by atoms with E-state index in [1.807, 2.05) is 49.5 Å². The van der Waals surface area contributed by atoms with E-state index in [0.717, 1.165) is 42.4 Å². The lowest BCUT2D eigenvalue weighted by Crippen LogP contribution is -2.45. The normalized spacial score (nSPS) is 18.1. The number of aromatic amines is 1. The van der Waals surface area contributed by atoms with Gasteiger partial charge in [0, 0.05) is 34.1 Å². The molecule has 2 aromatic carbocycles. The number of aromatic nitrogens is 1. The van der Waals surface area contributed by atoms with Crippen molar-refractivity contribution in [3.63, 3.8) is 0 Å². The van der Waals surface area contributed by atoms with Crippen LogP contribution in [0.4, 0.5) is 0 Å². The van der Waals surface area contributed by atoms with Crippen molar-refractivity contribution in [2.75, 3.05) is 26.3 Å². The first kappa shape index (κ1) is 19.8. The summed E-state index contributed by atoms with van der Waals surface area (Å²) in [5, 5.41) is 0.961. The maximum atomic E-state index is 13.1. The minimum absolute atomic E-state index is 0.0331. The Hall–Kier alpha value is -3.12. The number of likely N-dealkylation sites (tertiary alicyclic amines) is 1. The molecule has 3 heterocycles. The second-order valence-corrected chi connectivity index (χ2v) is 8.32. The molecule has 0 radical (unpaired) electrons. The van der Waals surface area contributed by atoms with Crippen molar-refractivity contribution in [1.82, 2.24) is 9.88 Å². The fourth-order valence-corrected chi connectivity index (χ4v) is 4.65. The van der Waals surface area contributed by atoms with Crippen LogP contribution in [0.5, 0.6) is 11.5 Å². The predicted molar refractivity (Wildman–Crippen MR) is 118 cm³/mol. The van der Waals surface area contributed by atoms with Gasteiger partial charge in [-0.1, -0.05) is 18.2 Å². The van der Waals surface area contributed by atoms with E-state index in [9.17, 15) is 9.59 Å². The number of nitrogens with one attached hydrogen (secondary N) is 1. The zero-order valence-corrected chi connectivity index (χ0v) is 17.6. The first-order chi connectivity index (χ1) is 15.1. The second kappa shape index (κ2) is 8.19. The van der Waals surface area contributed by atoms with Gasteiger partial charge in [0.2, 0.25) is 0 Å². The van der Waals surface area contributed by atoms with E-state index in [4.69, 9.17) is 9.47 Å². The molecule has 0 saturated carbocycles. The van der Waals surface area contributed by atoms with Crippen LogP contribution in [0.25, 0.3) is 10.9 Å². The highest BCUT2D eigenvalue weighted by atomic mass is 16.6. The lowest BCUT2D eigenvalue weighted by Gasteiger charge is -2.34. The summed E-state index contributed by atoms with van der Waals surface area (Å²) in [6, 6.07) is 13.1. The van der Waals surface area contributed by atoms with Gasteiger partial charge in [0.15, 0.2) is 23.1 Å². The lowest BCUT2D eigenvalue weighted by atomic mass is 9.87. The summed E-state index contributed by atoms with van der Waals surface area (Å²) in [5.41, 5.74) is 2.38. The number of fused-ring (bicyclic) bond motifs is 2. The number of nitrogens with zero attached hydrogens (tertiary/aromatic N) is 1. The smallest absolute Gasteiger partial charge is 0.181 e. The van der Waals surface area contributed by atoms with Gasteiger partial charge < -0.3 is 14.5 Å². The molecule has 0 amide bonds. The van der Waals surface area contributed by atoms with Crippen molar-refractivity contribution in [3.05, 3.63) is 59.8 Å². The van der Waals surface area contributed by atoms with E-state index >= 15 is 0 Å². The van der Waals surface area contributed by atoms with E-state index in [2.05, 4.69) is 9.88 Å². The van der Waals surface area contributed by atoms with Crippen molar-refractivity contribution >= 4 is 22.5 Å². The van der Waals surface area contributed by atoms with Crippen LogP contribution < -0.4 is 9.47 Å². The van der Waals surface area contributed by atoms with Gasteiger partial charge in [-0.25, -0.2) is 0 Å². The first-order valence-electron chi connectivity index (χ1n) is 10.9. The summed E-state index contributed by atoms with van der Waals surface area (Å²) in [5.74, 6) is 1.57. The first-order valence-corrected chi connectivity index (χ1v) is 10.9. The molecule has 1 fully saturated rings. The third kappa shape index (κ3) is 3.72. The van der Waals surface area contributed by atoms with Crippen molar-refractivity contribution in [3.8, 4) is 11.5 Å². The van der Waals surface area contributed by atoms with Crippen LogP contribution in [0.1, 0.15) is 40.5 Å². The lowest BCUT2D eigenvalue weighted by molar-refractivity contribution is 0.0714. The van der Waals surface area contributed by atoms with Gasteiger partial charge in [0.05, 0.1) is 6.04 Å². The minimum Gasteiger partial charge on any atom is -0.486 e. The van der Waals surface area contributed by atoms with Gasteiger partial charge in [-0.05, 0) is 57.1 Å². The average Bonchev–Trinajstić information content (AvgIpc) is 3.26. The molecule has 0 unspecified atom stereocenters. The van der Waals surface area contributed by atoms with E-state index in [1.165, 1.54) is 0 Å². The molecule has 1 N–H and O–H groups in total. The number of hydrogen-bond acceptors (Lipinski definition) is 5. The van der Waals surface area contributed by atoms with Crippen molar-refractivity contribution in [2.24, 2.45) is 5.92 Å². The highest BCUT2D eigenvalue weighted by molar-refractivity contribution is 6.10. The van der Waals surface area contributed by atoms with E-state index in [1.54, 1.807) is 6.07 Å². The molecule has 160 valence electrons. The Balaban J connectivity index is 1.23. The highest BCUT2D eigenvalue weighted by Crippen LogP contribution is 2.33. The molecule has 2 aliphatic rings. The number of benzene rings is 2. The number of H-pyrrole nitrogens is 1. The zero-order chi connectivity index (χ0) is 21.4. The largest absolute Gasteiger partial charge is 0.486 e. The van der Waals surface area contributed by atoms with Gasteiger partial charge in [-0.15, -0.1) is 0 Å². The second-order valence-electron chi connectivity index (χ2n) is 8.32. The number of para-hydroxylation sites is 1. The third-order valence-corrected chi connectivity index (χ3v) is 6.51. The number of ether oxygens (including phenoxy) is 2. The van der Waals surface area contributed by atoms with Crippen LogP contribution in [0.2, 0.25) is 0 Å². The quantitative estimate of drug-likeness (QED) is 0.632. The van der Waals surface area contributed by atoms with Crippen molar-refractivity contribution in [1.29, 1.82) is 0 Å². The summed E-state index contributed by atoms with van der Waals surface area (Å²) < 4.78 is 11.2. The van der Waals surface area contributed by atoms with Crippen LogP contribution in [-0.2, 0) is 0 Å². The number of hydrogen-bond donors (Lipinski definition) is 1. The summed E-state index contributed by atoms with van der Waals surface area (Å²) >= 11 is 0. The fraction of sp³-hybridized carbons (Fsp3) is 0.360. The number of carbonyl (C=O) groups is 2. The molecule has 31 heavy (non-hydrogen) atoms. The summed E-state index contributed by atoms with van der Waals surface area (Å²) in [6.45, 7) is 4.47. The van der Waals surface area contributed by atoms with E-state index in [0.29, 0.717) is 30.3 Å².